The lowest BCUT2D eigenvalue weighted by atomic mass is 9.90. The summed E-state index contributed by atoms with van der Waals surface area (Å²) < 4.78 is 1.27. The van der Waals surface area contributed by atoms with Crippen molar-refractivity contribution in [3.05, 3.63) is 20.8 Å². The van der Waals surface area contributed by atoms with Crippen LogP contribution in [0.25, 0.3) is 0 Å². The Kier molecular flexibility index (Phi) is 7.40. The molecule has 2 atom stereocenters. The number of hydrogen-bond acceptors (Lipinski definition) is 2. The molecule has 0 bridgehead atoms. The van der Waals surface area contributed by atoms with Gasteiger partial charge in [0, 0.05) is 15.4 Å². The topological polar surface area (TPSA) is 12.0 Å². The van der Waals surface area contributed by atoms with E-state index in [4.69, 9.17) is 0 Å². The molecule has 1 heterocycles. The summed E-state index contributed by atoms with van der Waals surface area (Å²) in [6, 6.07) is 2.68. The van der Waals surface area contributed by atoms with Crippen LogP contribution in [0.5, 0.6) is 0 Å². The molecule has 0 saturated carbocycles. The normalized spacial score (nSPS) is 14.8. The van der Waals surface area contributed by atoms with Gasteiger partial charge in [-0.05, 0) is 46.3 Å². The summed E-state index contributed by atoms with van der Waals surface area (Å²) in [5.41, 5.74) is 0. The van der Waals surface area contributed by atoms with E-state index in [-0.39, 0.29) is 0 Å². The van der Waals surface area contributed by atoms with Crippen molar-refractivity contribution in [3.8, 4) is 0 Å². The molecule has 0 amide bonds. The van der Waals surface area contributed by atoms with Crippen LogP contribution < -0.4 is 5.32 Å². The molecule has 0 fully saturated rings. The molecule has 0 aliphatic rings. The molecule has 1 aromatic rings. The summed E-state index contributed by atoms with van der Waals surface area (Å²) in [7, 11) is 0. The lowest BCUT2D eigenvalue weighted by molar-refractivity contribution is 0.331. The van der Waals surface area contributed by atoms with Crippen LogP contribution >= 0.6 is 27.3 Å². The Bertz CT molecular complexity index is 311. The van der Waals surface area contributed by atoms with Gasteiger partial charge in [0.1, 0.15) is 0 Å². The highest BCUT2D eigenvalue weighted by molar-refractivity contribution is 9.10. The smallest absolute Gasteiger partial charge is 0.0454 e. The molecule has 0 aliphatic heterocycles. The van der Waals surface area contributed by atoms with Gasteiger partial charge in [0.25, 0.3) is 0 Å². The number of rotatable bonds is 8. The number of hydrogen-bond donors (Lipinski definition) is 1. The van der Waals surface area contributed by atoms with Crippen LogP contribution in [0.3, 0.4) is 0 Å². The second-order valence-corrected chi connectivity index (χ2v) is 6.28. The van der Waals surface area contributed by atoms with Crippen molar-refractivity contribution in [2.24, 2.45) is 5.92 Å². The first-order chi connectivity index (χ1) is 8.24. The number of thiophene rings is 1. The van der Waals surface area contributed by atoms with Crippen LogP contribution in [0, 0.1) is 5.92 Å². The highest BCUT2D eigenvalue weighted by atomic mass is 79.9. The molecule has 2 unspecified atom stereocenters. The molecule has 1 nitrogen and oxygen atoms in total. The van der Waals surface area contributed by atoms with Gasteiger partial charge >= 0.3 is 0 Å². The van der Waals surface area contributed by atoms with E-state index in [2.05, 4.69) is 53.5 Å². The zero-order chi connectivity index (χ0) is 12.7. The molecular weight excluding hydrogens is 294 g/mol. The van der Waals surface area contributed by atoms with Crippen molar-refractivity contribution in [3.63, 3.8) is 0 Å². The summed E-state index contributed by atoms with van der Waals surface area (Å²) in [5.74, 6) is 0.754. The van der Waals surface area contributed by atoms with Crippen LogP contribution in [-0.4, -0.2) is 6.54 Å². The molecule has 1 rings (SSSR count). The van der Waals surface area contributed by atoms with Crippen molar-refractivity contribution in [2.75, 3.05) is 6.54 Å². The number of unbranched alkanes of at least 4 members (excludes halogenated alkanes) is 1. The van der Waals surface area contributed by atoms with E-state index >= 15 is 0 Å². The van der Waals surface area contributed by atoms with Crippen LogP contribution in [0.4, 0.5) is 0 Å². The maximum absolute atomic E-state index is 3.67. The van der Waals surface area contributed by atoms with E-state index in [0.717, 1.165) is 12.5 Å². The van der Waals surface area contributed by atoms with Gasteiger partial charge in [0.2, 0.25) is 0 Å². The van der Waals surface area contributed by atoms with Crippen LogP contribution in [-0.2, 0) is 0 Å². The van der Waals surface area contributed by atoms with Crippen LogP contribution in [0.1, 0.15) is 57.4 Å². The second-order valence-electron chi connectivity index (χ2n) is 4.48. The molecule has 1 aromatic heterocycles. The van der Waals surface area contributed by atoms with Crippen molar-refractivity contribution in [2.45, 2.75) is 52.5 Å². The number of nitrogens with one attached hydrogen (secondary N) is 1. The third kappa shape index (κ3) is 4.38. The molecule has 0 aliphatic carbocycles. The SMILES string of the molecule is CCCCC(CC)C(NCC)c1sccc1Br. The van der Waals surface area contributed by atoms with E-state index in [1.165, 1.54) is 35.0 Å². The van der Waals surface area contributed by atoms with Gasteiger partial charge in [-0.15, -0.1) is 11.3 Å². The second kappa shape index (κ2) is 8.28. The van der Waals surface area contributed by atoms with Crippen molar-refractivity contribution < 1.29 is 0 Å². The molecule has 98 valence electrons. The lowest BCUT2D eigenvalue weighted by Crippen LogP contribution is -2.27. The van der Waals surface area contributed by atoms with E-state index in [9.17, 15) is 0 Å². The summed E-state index contributed by atoms with van der Waals surface area (Å²) in [4.78, 5) is 1.47. The number of halogens is 1. The van der Waals surface area contributed by atoms with Gasteiger partial charge in [0.05, 0.1) is 0 Å². The predicted octanol–water partition coefficient (Wildman–Crippen LogP) is 5.38. The van der Waals surface area contributed by atoms with Gasteiger partial charge in [-0.25, -0.2) is 0 Å². The highest BCUT2D eigenvalue weighted by Gasteiger charge is 2.23. The Morgan fingerprint density at radius 1 is 1.35 bits per heavy atom. The van der Waals surface area contributed by atoms with Crippen LogP contribution in [0.15, 0.2) is 15.9 Å². The molecule has 17 heavy (non-hydrogen) atoms. The first kappa shape index (κ1) is 15.2. The molecular formula is C14H24BrNS. The Labute approximate surface area is 118 Å². The predicted molar refractivity (Wildman–Crippen MR) is 81.7 cm³/mol. The average molecular weight is 318 g/mol. The van der Waals surface area contributed by atoms with Gasteiger partial charge in [-0.1, -0.05) is 40.0 Å². The third-order valence-corrected chi connectivity index (χ3v) is 5.23. The van der Waals surface area contributed by atoms with Gasteiger partial charge in [-0.2, -0.15) is 0 Å². The first-order valence-corrected chi connectivity index (χ1v) is 8.38. The van der Waals surface area contributed by atoms with Crippen molar-refractivity contribution >= 4 is 27.3 Å². The Morgan fingerprint density at radius 3 is 2.59 bits per heavy atom. The fourth-order valence-corrected chi connectivity index (χ4v) is 4.08. The Balaban J connectivity index is 2.79. The summed E-state index contributed by atoms with van der Waals surface area (Å²) in [5, 5.41) is 5.84. The molecule has 1 N–H and O–H groups in total. The highest BCUT2D eigenvalue weighted by Crippen LogP contribution is 2.36. The van der Waals surface area contributed by atoms with Crippen LogP contribution in [0.2, 0.25) is 0 Å². The molecule has 0 saturated heterocycles. The summed E-state index contributed by atoms with van der Waals surface area (Å²) in [6.07, 6.45) is 5.21. The van der Waals surface area contributed by atoms with Gasteiger partial charge in [0.15, 0.2) is 0 Å². The van der Waals surface area contributed by atoms with Gasteiger partial charge < -0.3 is 5.32 Å². The van der Waals surface area contributed by atoms with Crippen molar-refractivity contribution in [1.82, 2.24) is 5.32 Å². The molecule has 3 heteroatoms. The average Bonchev–Trinajstić information content (AvgIpc) is 2.75. The molecule has 0 aromatic carbocycles. The minimum Gasteiger partial charge on any atom is -0.309 e. The largest absolute Gasteiger partial charge is 0.309 e. The van der Waals surface area contributed by atoms with Crippen molar-refractivity contribution in [1.29, 1.82) is 0 Å². The maximum atomic E-state index is 3.67. The molecule has 0 spiro atoms. The lowest BCUT2D eigenvalue weighted by Gasteiger charge is -2.26. The minimum absolute atomic E-state index is 0.519. The van der Waals surface area contributed by atoms with E-state index in [0.29, 0.717) is 6.04 Å². The summed E-state index contributed by atoms with van der Waals surface area (Å²) in [6.45, 7) is 7.82. The fourth-order valence-electron chi connectivity index (χ4n) is 2.29. The first-order valence-electron chi connectivity index (χ1n) is 6.70. The fraction of sp³-hybridized carbons (Fsp3) is 0.714. The van der Waals surface area contributed by atoms with E-state index < -0.39 is 0 Å². The summed E-state index contributed by atoms with van der Waals surface area (Å²) >= 11 is 5.54. The van der Waals surface area contributed by atoms with E-state index in [1.54, 1.807) is 0 Å². The zero-order valence-electron chi connectivity index (χ0n) is 11.1. The quantitative estimate of drug-likeness (QED) is 0.679. The Morgan fingerprint density at radius 2 is 2.12 bits per heavy atom. The zero-order valence-corrected chi connectivity index (χ0v) is 13.5. The monoisotopic (exact) mass is 317 g/mol. The standard InChI is InChI=1S/C14H24BrNS/c1-4-7-8-11(5-2)13(16-6-3)14-12(15)9-10-17-14/h9-11,13,16H,4-8H2,1-3H3. The van der Waals surface area contributed by atoms with Gasteiger partial charge in [-0.3, -0.25) is 0 Å². The van der Waals surface area contributed by atoms with E-state index in [1.807, 2.05) is 11.3 Å². The maximum Gasteiger partial charge on any atom is 0.0454 e. The Hall–Kier alpha value is 0.140. The third-order valence-electron chi connectivity index (χ3n) is 3.28. The molecule has 0 radical (unpaired) electrons. The minimum atomic E-state index is 0.519.